The molecule has 1 N–H and O–H groups in total. The molecule has 3 rings (SSSR count). The molecule has 0 saturated carbocycles. The fraction of sp³-hybridized carbons (Fsp3) is 0.389. The van der Waals surface area contributed by atoms with Gasteiger partial charge in [0.25, 0.3) is 5.91 Å². The molecule has 138 valence electrons. The van der Waals surface area contributed by atoms with Gasteiger partial charge in [-0.2, -0.15) is 0 Å². The summed E-state index contributed by atoms with van der Waals surface area (Å²) < 4.78 is 5.67. The number of thiazole rings is 1. The zero-order chi connectivity index (χ0) is 18.9. The number of carboxylic acids is 1. The van der Waals surface area contributed by atoms with Crippen LogP contribution in [0.5, 0.6) is 5.75 Å². The highest BCUT2D eigenvalue weighted by Gasteiger charge is 2.46. The Hall–Kier alpha value is -2.12. The molecule has 0 spiro atoms. The number of likely N-dealkylation sites (tertiary alicyclic amines) is 1. The van der Waals surface area contributed by atoms with E-state index in [0.717, 1.165) is 0 Å². The zero-order valence-corrected chi connectivity index (χ0v) is 16.1. The molecule has 8 heteroatoms. The van der Waals surface area contributed by atoms with E-state index in [0.29, 0.717) is 45.7 Å². The minimum Gasteiger partial charge on any atom is -0.486 e. The Morgan fingerprint density at radius 1 is 1.38 bits per heavy atom. The van der Waals surface area contributed by atoms with Gasteiger partial charge >= 0.3 is 5.97 Å². The third-order valence-corrected chi connectivity index (χ3v) is 5.93. The van der Waals surface area contributed by atoms with Crippen molar-refractivity contribution < 1.29 is 19.4 Å². The van der Waals surface area contributed by atoms with E-state index >= 15 is 0 Å². The highest BCUT2D eigenvalue weighted by atomic mass is 35.5. The molecule has 0 radical (unpaired) electrons. The molecule has 1 amide bonds. The highest BCUT2D eigenvalue weighted by Crippen LogP contribution is 2.33. The van der Waals surface area contributed by atoms with Crippen LogP contribution in [0.1, 0.15) is 40.1 Å². The smallest absolute Gasteiger partial charge is 0.329 e. The van der Waals surface area contributed by atoms with E-state index in [2.05, 4.69) is 4.98 Å². The van der Waals surface area contributed by atoms with Crippen LogP contribution in [0.3, 0.4) is 0 Å². The number of aromatic nitrogens is 1. The number of nitrogens with zero attached hydrogens (tertiary/aromatic N) is 2. The van der Waals surface area contributed by atoms with E-state index < -0.39 is 11.5 Å². The first-order valence-corrected chi connectivity index (χ1v) is 9.41. The second kappa shape index (κ2) is 7.25. The molecule has 1 unspecified atom stereocenters. The van der Waals surface area contributed by atoms with Gasteiger partial charge in [0.2, 0.25) is 0 Å². The summed E-state index contributed by atoms with van der Waals surface area (Å²) in [6, 6.07) is 6.99. The lowest BCUT2D eigenvalue weighted by Gasteiger charge is -2.30. The lowest BCUT2D eigenvalue weighted by atomic mass is 9.99. The van der Waals surface area contributed by atoms with Crippen LogP contribution in [-0.2, 0) is 11.4 Å². The SMILES string of the molecule is Cc1nc(COc2ccc(Cl)cc2)sc1C(=O)N1CCCC1(C)C(=O)O. The molecular weight excluding hydrogens is 376 g/mol. The largest absolute Gasteiger partial charge is 0.486 e. The fourth-order valence-electron chi connectivity index (χ4n) is 3.02. The van der Waals surface area contributed by atoms with Gasteiger partial charge in [0, 0.05) is 11.6 Å². The molecule has 0 aliphatic carbocycles. The van der Waals surface area contributed by atoms with E-state index in [4.69, 9.17) is 16.3 Å². The number of aryl methyl sites for hydroxylation is 1. The third kappa shape index (κ3) is 3.54. The van der Waals surface area contributed by atoms with Crippen molar-refractivity contribution in [2.75, 3.05) is 6.54 Å². The quantitative estimate of drug-likeness (QED) is 0.835. The number of aliphatic carboxylic acids is 1. The van der Waals surface area contributed by atoms with Gasteiger partial charge in [0.1, 0.15) is 27.8 Å². The molecule has 26 heavy (non-hydrogen) atoms. The van der Waals surface area contributed by atoms with E-state index in [9.17, 15) is 14.7 Å². The van der Waals surface area contributed by atoms with Gasteiger partial charge in [0.05, 0.1) is 5.69 Å². The fourth-order valence-corrected chi connectivity index (χ4v) is 4.07. The summed E-state index contributed by atoms with van der Waals surface area (Å²) in [6.07, 6.45) is 1.14. The van der Waals surface area contributed by atoms with Gasteiger partial charge in [-0.25, -0.2) is 9.78 Å². The number of halogens is 1. The van der Waals surface area contributed by atoms with E-state index in [1.165, 1.54) is 16.2 Å². The molecule has 1 atom stereocenters. The van der Waals surface area contributed by atoms with Crippen molar-refractivity contribution in [1.29, 1.82) is 0 Å². The average molecular weight is 395 g/mol. The number of carbonyl (C=O) groups is 2. The summed E-state index contributed by atoms with van der Waals surface area (Å²) in [5.41, 5.74) is -0.567. The summed E-state index contributed by atoms with van der Waals surface area (Å²) in [5, 5.41) is 10.8. The molecular formula is C18H19ClN2O4S. The zero-order valence-electron chi connectivity index (χ0n) is 14.5. The Morgan fingerprint density at radius 2 is 2.08 bits per heavy atom. The molecule has 0 bridgehead atoms. The van der Waals surface area contributed by atoms with Crippen LogP contribution in [0.25, 0.3) is 0 Å². The minimum absolute atomic E-state index is 0.233. The molecule has 2 heterocycles. The number of carbonyl (C=O) groups excluding carboxylic acids is 1. The predicted molar refractivity (Wildman–Crippen MR) is 98.9 cm³/mol. The second-order valence-corrected chi connectivity index (χ2v) is 7.92. The Bertz CT molecular complexity index is 836. The van der Waals surface area contributed by atoms with Gasteiger partial charge in [-0.3, -0.25) is 4.79 Å². The van der Waals surface area contributed by atoms with Crippen molar-refractivity contribution in [1.82, 2.24) is 9.88 Å². The lowest BCUT2D eigenvalue weighted by Crippen LogP contribution is -2.50. The van der Waals surface area contributed by atoms with Crippen LogP contribution in [-0.4, -0.2) is 39.0 Å². The number of ether oxygens (including phenoxy) is 1. The number of hydrogen-bond donors (Lipinski definition) is 1. The second-order valence-electron chi connectivity index (χ2n) is 6.40. The molecule has 1 aliphatic heterocycles. The van der Waals surface area contributed by atoms with Crippen molar-refractivity contribution in [3.63, 3.8) is 0 Å². The summed E-state index contributed by atoms with van der Waals surface area (Å²) >= 11 is 7.09. The number of benzene rings is 1. The van der Waals surface area contributed by atoms with Gasteiger partial charge in [-0.15, -0.1) is 11.3 Å². The third-order valence-electron chi connectivity index (χ3n) is 4.56. The molecule has 1 saturated heterocycles. The van der Waals surface area contributed by atoms with Crippen LogP contribution in [0.15, 0.2) is 24.3 Å². The minimum atomic E-state index is -1.16. The van der Waals surface area contributed by atoms with Gasteiger partial charge in [0.15, 0.2) is 0 Å². The summed E-state index contributed by atoms with van der Waals surface area (Å²) in [7, 11) is 0. The maximum Gasteiger partial charge on any atom is 0.329 e. The average Bonchev–Trinajstić information content (AvgIpc) is 3.17. The maximum absolute atomic E-state index is 12.9. The predicted octanol–water partition coefficient (Wildman–Crippen LogP) is 3.76. The lowest BCUT2D eigenvalue weighted by molar-refractivity contribution is -0.147. The highest BCUT2D eigenvalue weighted by molar-refractivity contribution is 7.13. The molecule has 6 nitrogen and oxygen atoms in total. The first-order chi connectivity index (χ1) is 12.3. The Morgan fingerprint density at radius 3 is 2.73 bits per heavy atom. The van der Waals surface area contributed by atoms with Gasteiger partial charge < -0.3 is 14.7 Å². The summed E-state index contributed by atoms with van der Waals surface area (Å²) in [5.74, 6) is -0.593. The van der Waals surface area contributed by atoms with Gasteiger partial charge in [-0.05, 0) is 51.0 Å². The topological polar surface area (TPSA) is 79.7 Å². The van der Waals surface area contributed by atoms with E-state index in [1.54, 1.807) is 38.1 Å². The van der Waals surface area contributed by atoms with Crippen LogP contribution in [0.4, 0.5) is 0 Å². The van der Waals surface area contributed by atoms with Crippen LogP contribution in [0.2, 0.25) is 5.02 Å². The van der Waals surface area contributed by atoms with Crippen molar-refractivity contribution in [3.8, 4) is 5.75 Å². The van der Waals surface area contributed by atoms with E-state index in [-0.39, 0.29) is 12.5 Å². The van der Waals surface area contributed by atoms with Crippen LogP contribution in [0, 0.1) is 6.92 Å². The van der Waals surface area contributed by atoms with Gasteiger partial charge in [-0.1, -0.05) is 11.6 Å². The van der Waals surface area contributed by atoms with Crippen LogP contribution < -0.4 is 4.74 Å². The standard InChI is InChI=1S/C18H19ClN2O4S/c1-11-15(16(22)21-9-3-8-18(21,2)17(23)24)26-14(20-11)10-25-13-6-4-12(19)5-7-13/h4-7H,3,8-10H2,1-2H3,(H,23,24). The van der Waals surface area contributed by atoms with Crippen LogP contribution >= 0.6 is 22.9 Å². The normalized spacial score (nSPS) is 19.6. The molecule has 1 aliphatic rings. The first kappa shape index (κ1) is 18.7. The summed E-state index contributed by atoms with van der Waals surface area (Å²) in [6.45, 7) is 4.02. The first-order valence-electron chi connectivity index (χ1n) is 8.21. The number of amides is 1. The van der Waals surface area contributed by atoms with Crippen molar-refractivity contribution in [2.45, 2.75) is 38.8 Å². The molecule has 2 aromatic rings. The number of carboxylic acid groups (broad SMARTS) is 1. The maximum atomic E-state index is 12.9. The Balaban J connectivity index is 1.74. The number of hydrogen-bond acceptors (Lipinski definition) is 5. The van der Waals surface area contributed by atoms with E-state index in [1.807, 2.05) is 0 Å². The molecule has 1 aromatic heterocycles. The summed E-state index contributed by atoms with van der Waals surface area (Å²) in [4.78, 5) is 30.8. The molecule has 1 aromatic carbocycles. The molecule has 1 fully saturated rings. The van der Waals surface area contributed by atoms with Crippen molar-refractivity contribution in [2.24, 2.45) is 0 Å². The Kier molecular flexibility index (Phi) is 5.20. The van der Waals surface area contributed by atoms with Crippen molar-refractivity contribution >= 4 is 34.8 Å². The number of rotatable bonds is 5. The monoisotopic (exact) mass is 394 g/mol. The Labute approximate surface area is 160 Å². The van der Waals surface area contributed by atoms with Crippen molar-refractivity contribution in [3.05, 3.63) is 44.9 Å².